The summed E-state index contributed by atoms with van der Waals surface area (Å²) < 4.78 is 10.9. The quantitative estimate of drug-likeness (QED) is 0.866. The van der Waals surface area contributed by atoms with Crippen molar-refractivity contribution in [3.63, 3.8) is 0 Å². The maximum Gasteiger partial charge on any atom is 0.257 e. The molecule has 2 heterocycles. The van der Waals surface area contributed by atoms with E-state index in [1.165, 1.54) is 0 Å². The fraction of sp³-hybridized carbons (Fsp3) is 0.667. The minimum atomic E-state index is 0.0990. The molecule has 1 saturated heterocycles. The lowest BCUT2D eigenvalue weighted by molar-refractivity contribution is 0.0902. The summed E-state index contributed by atoms with van der Waals surface area (Å²) in [5.41, 5.74) is 0. The van der Waals surface area contributed by atoms with E-state index in [1.807, 2.05) is 13.8 Å². The van der Waals surface area contributed by atoms with Crippen LogP contribution < -0.4 is 10.1 Å². The Morgan fingerprint density at radius 3 is 2.71 bits per heavy atom. The first kappa shape index (κ1) is 12.1. The molecule has 2 rings (SSSR count). The second kappa shape index (κ2) is 5.82. The molecule has 5 heteroatoms. The SMILES string of the molecule is CC(C)Oc1nccnc1NC1CCOCC1. The molecule has 0 radical (unpaired) electrons. The average Bonchev–Trinajstić information content (AvgIpc) is 2.32. The number of nitrogens with one attached hydrogen (secondary N) is 1. The first-order valence-corrected chi connectivity index (χ1v) is 6.07. The zero-order chi connectivity index (χ0) is 12.1. The zero-order valence-corrected chi connectivity index (χ0v) is 10.3. The van der Waals surface area contributed by atoms with Crippen LogP contribution in [0.25, 0.3) is 0 Å². The van der Waals surface area contributed by atoms with Crippen molar-refractivity contribution in [2.75, 3.05) is 18.5 Å². The van der Waals surface area contributed by atoms with Crippen LogP contribution in [0.15, 0.2) is 12.4 Å². The summed E-state index contributed by atoms with van der Waals surface area (Å²) in [5, 5.41) is 3.38. The molecule has 1 aromatic heterocycles. The van der Waals surface area contributed by atoms with Crippen LogP contribution >= 0.6 is 0 Å². The Kier molecular flexibility index (Phi) is 4.14. The summed E-state index contributed by atoms with van der Waals surface area (Å²) >= 11 is 0. The van der Waals surface area contributed by atoms with E-state index in [0.29, 0.717) is 11.9 Å². The van der Waals surface area contributed by atoms with E-state index in [-0.39, 0.29) is 6.10 Å². The molecule has 1 aromatic rings. The first-order chi connectivity index (χ1) is 8.25. The number of anilines is 1. The van der Waals surface area contributed by atoms with Crippen LogP contribution in [0.1, 0.15) is 26.7 Å². The van der Waals surface area contributed by atoms with Crippen molar-refractivity contribution in [1.29, 1.82) is 0 Å². The van der Waals surface area contributed by atoms with Gasteiger partial charge in [-0.15, -0.1) is 0 Å². The number of ether oxygens (including phenoxy) is 2. The number of rotatable bonds is 4. The Labute approximate surface area is 102 Å². The van der Waals surface area contributed by atoms with Gasteiger partial charge in [-0.2, -0.15) is 0 Å². The fourth-order valence-corrected chi connectivity index (χ4v) is 1.77. The van der Waals surface area contributed by atoms with Crippen LogP contribution in [0.3, 0.4) is 0 Å². The van der Waals surface area contributed by atoms with Gasteiger partial charge in [0, 0.05) is 31.6 Å². The molecule has 1 fully saturated rings. The van der Waals surface area contributed by atoms with Crippen molar-refractivity contribution in [3.05, 3.63) is 12.4 Å². The molecule has 0 spiro atoms. The number of nitrogens with zero attached hydrogens (tertiary/aromatic N) is 2. The maximum atomic E-state index is 5.62. The van der Waals surface area contributed by atoms with Gasteiger partial charge in [0.15, 0.2) is 5.82 Å². The smallest absolute Gasteiger partial charge is 0.257 e. The van der Waals surface area contributed by atoms with Crippen molar-refractivity contribution in [2.45, 2.75) is 38.8 Å². The zero-order valence-electron chi connectivity index (χ0n) is 10.3. The van der Waals surface area contributed by atoms with E-state index >= 15 is 0 Å². The number of hydrogen-bond donors (Lipinski definition) is 1. The van der Waals surface area contributed by atoms with E-state index in [0.717, 1.165) is 31.9 Å². The molecule has 0 amide bonds. The Bertz CT molecular complexity index is 351. The molecule has 0 bridgehead atoms. The highest BCUT2D eigenvalue weighted by Crippen LogP contribution is 2.22. The summed E-state index contributed by atoms with van der Waals surface area (Å²) in [4.78, 5) is 8.49. The maximum absolute atomic E-state index is 5.62. The van der Waals surface area contributed by atoms with Crippen LogP contribution in [0.2, 0.25) is 0 Å². The van der Waals surface area contributed by atoms with Crippen molar-refractivity contribution in [3.8, 4) is 5.88 Å². The standard InChI is InChI=1S/C12H19N3O2/c1-9(2)17-12-11(13-5-6-14-12)15-10-3-7-16-8-4-10/h5-6,9-10H,3-4,7-8H2,1-2H3,(H,13,15). The topological polar surface area (TPSA) is 56.3 Å². The van der Waals surface area contributed by atoms with E-state index in [2.05, 4.69) is 15.3 Å². The molecule has 0 atom stereocenters. The molecular formula is C12H19N3O2. The van der Waals surface area contributed by atoms with E-state index in [1.54, 1.807) is 12.4 Å². The number of aromatic nitrogens is 2. The lowest BCUT2D eigenvalue weighted by Crippen LogP contribution is -2.28. The molecule has 0 saturated carbocycles. The van der Waals surface area contributed by atoms with Gasteiger partial charge in [-0.3, -0.25) is 0 Å². The molecule has 1 N–H and O–H groups in total. The average molecular weight is 237 g/mol. The second-order valence-corrected chi connectivity index (χ2v) is 4.41. The van der Waals surface area contributed by atoms with Crippen molar-refractivity contribution < 1.29 is 9.47 Å². The van der Waals surface area contributed by atoms with Gasteiger partial charge in [-0.05, 0) is 26.7 Å². The summed E-state index contributed by atoms with van der Waals surface area (Å²) in [7, 11) is 0. The molecule has 0 aromatic carbocycles. The molecule has 94 valence electrons. The minimum Gasteiger partial charge on any atom is -0.472 e. The molecular weight excluding hydrogens is 218 g/mol. The predicted octanol–water partition coefficient (Wildman–Crippen LogP) is 1.85. The van der Waals surface area contributed by atoms with Gasteiger partial charge < -0.3 is 14.8 Å². The monoisotopic (exact) mass is 237 g/mol. The van der Waals surface area contributed by atoms with Gasteiger partial charge in [0.05, 0.1) is 6.10 Å². The number of hydrogen-bond acceptors (Lipinski definition) is 5. The Balaban J connectivity index is 2.03. The Hall–Kier alpha value is -1.36. The van der Waals surface area contributed by atoms with Crippen molar-refractivity contribution in [1.82, 2.24) is 9.97 Å². The highest BCUT2D eigenvalue weighted by molar-refractivity contribution is 5.45. The Morgan fingerprint density at radius 1 is 1.29 bits per heavy atom. The van der Waals surface area contributed by atoms with E-state index < -0.39 is 0 Å². The molecule has 5 nitrogen and oxygen atoms in total. The highest BCUT2D eigenvalue weighted by atomic mass is 16.5. The van der Waals surface area contributed by atoms with Crippen LogP contribution in [-0.4, -0.2) is 35.3 Å². The summed E-state index contributed by atoms with van der Waals surface area (Å²) in [6.45, 7) is 5.57. The van der Waals surface area contributed by atoms with Crippen LogP contribution in [0.5, 0.6) is 5.88 Å². The lowest BCUT2D eigenvalue weighted by Gasteiger charge is -2.24. The van der Waals surface area contributed by atoms with Crippen LogP contribution in [0, 0.1) is 0 Å². The summed E-state index contributed by atoms with van der Waals surface area (Å²) in [6, 6.07) is 0.398. The van der Waals surface area contributed by atoms with Gasteiger partial charge in [-0.25, -0.2) is 9.97 Å². The first-order valence-electron chi connectivity index (χ1n) is 6.07. The summed E-state index contributed by atoms with van der Waals surface area (Å²) in [6.07, 6.45) is 5.42. The molecule has 1 aliphatic rings. The minimum absolute atomic E-state index is 0.0990. The summed E-state index contributed by atoms with van der Waals surface area (Å²) in [5.74, 6) is 1.31. The van der Waals surface area contributed by atoms with Gasteiger partial charge in [0.1, 0.15) is 0 Å². The fourth-order valence-electron chi connectivity index (χ4n) is 1.77. The van der Waals surface area contributed by atoms with Gasteiger partial charge in [-0.1, -0.05) is 0 Å². The van der Waals surface area contributed by atoms with Crippen molar-refractivity contribution >= 4 is 5.82 Å². The van der Waals surface area contributed by atoms with Crippen LogP contribution in [0.4, 0.5) is 5.82 Å². The molecule has 1 aliphatic heterocycles. The third kappa shape index (κ3) is 3.56. The van der Waals surface area contributed by atoms with Crippen LogP contribution in [-0.2, 0) is 4.74 Å². The predicted molar refractivity (Wildman–Crippen MR) is 65.3 cm³/mol. The Morgan fingerprint density at radius 2 is 2.00 bits per heavy atom. The van der Waals surface area contributed by atoms with Crippen molar-refractivity contribution in [2.24, 2.45) is 0 Å². The van der Waals surface area contributed by atoms with E-state index in [9.17, 15) is 0 Å². The second-order valence-electron chi connectivity index (χ2n) is 4.41. The molecule has 0 aliphatic carbocycles. The highest BCUT2D eigenvalue weighted by Gasteiger charge is 2.16. The van der Waals surface area contributed by atoms with Gasteiger partial charge in [0.25, 0.3) is 5.88 Å². The van der Waals surface area contributed by atoms with Gasteiger partial charge >= 0.3 is 0 Å². The van der Waals surface area contributed by atoms with Gasteiger partial charge in [0.2, 0.25) is 0 Å². The molecule has 17 heavy (non-hydrogen) atoms. The molecule has 0 unspecified atom stereocenters. The lowest BCUT2D eigenvalue weighted by atomic mass is 10.1. The van der Waals surface area contributed by atoms with E-state index in [4.69, 9.17) is 9.47 Å². The largest absolute Gasteiger partial charge is 0.472 e. The third-order valence-corrected chi connectivity index (χ3v) is 2.57. The normalized spacial score (nSPS) is 17.1. The third-order valence-electron chi connectivity index (χ3n) is 2.57.